The van der Waals surface area contributed by atoms with Crippen molar-refractivity contribution in [2.75, 3.05) is 13.7 Å². The quantitative estimate of drug-likeness (QED) is 0.212. The van der Waals surface area contributed by atoms with Crippen LogP contribution in [0.4, 0.5) is 0 Å². The molecule has 1 aliphatic rings. The van der Waals surface area contributed by atoms with Crippen LogP contribution < -0.4 is 5.32 Å². The van der Waals surface area contributed by atoms with E-state index < -0.39 is 0 Å². The van der Waals surface area contributed by atoms with E-state index in [1.165, 1.54) is 18.1 Å². The van der Waals surface area contributed by atoms with Crippen molar-refractivity contribution in [3.05, 3.63) is 24.5 Å². The molecule has 0 radical (unpaired) electrons. The lowest BCUT2D eigenvalue weighted by molar-refractivity contribution is -0.143. The van der Waals surface area contributed by atoms with Gasteiger partial charge in [-0.1, -0.05) is 18.9 Å². The van der Waals surface area contributed by atoms with Gasteiger partial charge in [0.25, 0.3) is 5.91 Å². The van der Waals surface area contributed by atoms with Crippen molar-refractivity contribution in [2.24, 2.45) is 0 Å². The number of ether oxygens (including phenoxy) is 1. The van der Waals surface area contributed by atoms with Gasteiger partial charge in [-0.25, -0.2) is 0 Å². The number of imide groups is 1. The van der Waals surface area contributed by atoms with Gasteiger partial charge in [0, 0.05) is 31.9 Å². The lowest BCUT2D eigenvalue weighted by atomic mass is 10.1. The Hall–Kier alpha value is -2.55. The minimum Gasteiger partial charge on any atom is -0.499 e. The third kappa shape index (κ3) is 10.3. The first kappa shape index (κ1) is 26.5. The Kier molecular flexibility index (Phi) is 13.8. The fraction of sp³-hybridized carbons (Fsp3) is 0.640. The summed E-state index contributed by atoms with van der Waals surface area (Å²) in [5.41, 5.74) is 0. The molecule has 6 nitrogen and oxygen atoms in total. The van der Waals surface area contributed by atoms with Gasteiger partial charge in [-0.15, -0.1) is 18.9 Å². The summed E-state index contributed by atoms with van der Waals surface area (Å²) >= 11 is 0. The second-order valence-corrected chi connectivity index (χ2v) is 7.87. The van der Waals surface area contributed by atoms with Crippen LogP contribution in [-0.4, -0.2) is 42.3 Å². The summed E-state index contributed by atoms with van der Waals surface area (Å²) in [6, 6.07) is -0.351. The highest BCUT2D eigenvalue weighted by Crippen LogP contribution is 2.26. The van der Waals surface area contributed by atoms with E-state index in [4.69, 9.17) is 11.2 Å². The average molecular weight is 431 g/mol. The summed E-state index contributed by atoms with van der Waals surface area (Å²) in [6.45, 7) is 4.29. The van der Waals surface area contributed by atoms with Crippen molar-refractivity contribution in [2.45, 2.75) is 89.5 Å². The first-order valence-corrected chi connectivity index (χ1v) is 11.5. The van der Waals surface area contributed by atoms with Gasteiger partial charge in [0.05, 0.1) is 13.2 Å². The molecule has 0 saturated carbocycles. The number of carbonyl (C=O) groups is 3. The minimum atomic E-state index is -0.351. The summed E-state index contributed by atoms with van der Waals surface area (Å²) in [6.07, 6.45) is 18.8. The Morgan fingerprint density at radius 3 is 2.61 bits per heavy atom. The third-order valence-electron chi connectivity index (χ3n) is 5.40. The van der Waals surface area contributed by atoms with E-state index in [1.54, 1.807) is 0 Å². The molecule has 0 aromatic carbocycles. The number of hydrogen-bond donors (Lipinski definition) is 1. The molecule has 0 saturated heterocycles. The first-order valence-electron chi connectivity index (χ1n) is 11.5. The van der Waals surface area contributed by atoms with Crippen LogP contribution in [0.25, 0.3) is 0 Å². The summed E-state index contributed by atoms with van der Waals surface area (Å²) in [5, 5.41) is 2.95. The molecule has 0 spiro atoms. The van der Waals surface area contributed by atoms with Crippen LogP contribution in [0, 0.1) is 12.3 Å². The molecule has 0 aromatic rings. The third-order valence-corrected chi connectivity index (χ3v) is 5.40. The number of rotatable bonds is 17. The molecule has 0 aliphatic carbocycles. The Labute approximate surface area is 187 Å². The lowest BCUT2D eigenvalue weighted by Crippen LogP contribution is -2.40. The second-order valence-electron chi connectivity index (χ2n) is 7.87. The van der Waals surface area contributed by atoms with Crippen molar-refractivity contribution >= 4 is 17.7 Å². The van der Waals surface area contributed by atoms with Crippen LogP contribution in [0.1, 0.15) is 83.5 Å². The van der Waals surface area contributed by atoms with Crippen LogP contribution in [-0.2, 0) is 19.1 Å². The van der Waals surface area contributed by atoms with Gasteiger partial charge < -0.3 is 10.1 Å². The Bertz CT molecular complexity index is 663. The largest absolute Gasteiger partial charge is 0.499 e. The van der Waals surface area contributed by atoms with Crippen LogP contribution in [0.5, 0.6) is 0 Å². The predicted molar refractivity (Wildman–Crippen MR) is 123 cm³/mol. The summed E-state index contributed by atoms with van der Waals surface area (Å²) in [4.78, 5) is 38.2. The molecule has 1 unspecified atom stereocenters. The van der Waals surface area contributed by atoms with Crippen molar-refractivity contribution in [1.29, 1.82) is 0 Å². The number of unbranched alkanes of at least 4 members (excludes halogenated alkanes) is 7. The number of allylic oxidation sites excluding steroid dienone is 1. The number of terminal acetylenes is 1. The maximum absolute atomic E-state index is 12.6. The zero-order valence-electron chi connectivity index (χ0n) is 19.0. The lowest BCUT2D eigenvalue weighted by Gasteiger charge is -2.25. The van der Waals surface area contributed by atoms with Gasteiger partial charge in [0.15, 0.2) is 0 Å². The van der Waals surface area contributed by atoms with Crippen molar-refractivity contribution < 1.29 is 19.1 Å². The van der Waals surface area contributed by atoms with Gasteiger partial charge in [-0.2, -0.15) is 0 Å². The topological polar surface area (TPSA) is 75.7 Å². The van der Waals surface area contributed by atoms with Gasteiger partial charge >= 0.3 is 0 Å². The van der Waals surface area contributed by atoms with Gasteiger partial charge in [-0.05, 0) is 51.4 Å². The molecule has 1 N–H and O–H groups in total. The molecule has 3 amide bonds. The molecule has 1 heterocycles. The first-order chi connectivity index (χ1) is 15.0. The fourth-order valence-corrected chi connectivity index (χ4v) is 3.66. The van der Waals surface area contributed by atoms with E-state index in [2.05, 4.69) is 17.8 Å². The number of nitrogens with zero attached hydrogens (tertiary/aromatic N) is 1. The molecule has 1 atom stereocenters. The zero-order chi connectivity index (χ0) is 22.9. The number of methoxy groups -OCH3 is 1. The van der Waals surface area contributed by atoms with E-state index in [9.17, 15) is 14.4 Å². The van der Waals surface area contributed by atoms with Gasteiger partial charge in [-0.3, -0.25) is 19.3 Å². The maximum atomic E-state index is 12.6. The molecule has 6 heteroatoms. The molecule has 172 valence electrons. The number of amides is 3. The molecule has 0 bridgehead atoms. The number of hydrogen-bond acceptors (Lipinski definition) is 4. The van der Waals surface area contributed by atoms with E-state index in [0.29, 0.717) is 38.0 Å². The minimum absolute atomic E-state index is 0.0776. The van der Waals surface area contributed by atoms with Crippen molar-refractivity contribution in [1.82, 2.24) is 10.2 Å². The van der Waals surface area contributed by atoms with E-state index in [-0.39, 0.29) is 23.8 Å². The monoisotopic (exact) mass is 430 g/mol. The Morgan fingerprint density at radius 1 is 1.16 bits per heavy atom. The highest BCUT2D eigenvalue weighted by Gasteiger charge is 2.37. The summed E-state index contributed by atoms with van der Waals surface area (Å²) in [5.74, 6) is 2.74. The van der Waals surface area contributed by atoms with E-state index >= 15 is 0 Å². The normalized spacial score (nSPS) is 15.4. The molecule has 0 aromatic heterocycles. The molecular weight excluding hydrogens is 392 g/mol. The summed E-state index contributed by atoms with van der Waals surface area (Å²) in [7, 11) is 1.52. The molecule has 1 rings (SSSR count). The number of carbonyl (C=O) groups excluding carboxylic acids is 3. The molecular formula is C25H38N2O4. The predicted octanol–water partition coefficient (Wildman–Crippen LogP) is 4.26. The fourth-order valence-electron chi connectivity index (χ4n) is 3.66. The highest BCUT2D eigenvalue weighted by atomic mass is 16.5. The van der Waals surface area contributed by atoms with Gasteiger partial charge in [0.1, 0.15) is 5.76 Å². The molecule has 31 heavy (non-hydrogen) atoms. The average Bonchev–Trinajstić information content (AvgIpc) is 3.08. The van der Waals surface area contributed by atoms with Crippen LogP contribution in [0.2, 0.25) is 0 Å². The second kappa shape index (κ2) is 16.2. The Morgan fingerprint density at radius 2 is 1.90 bits per heavy atom. The highest BCUT2D eigenvalue weighted by molar-refractivity contribution is 6.04. The van der Waals surface area contributed by atoms with Gasteiger partial charge in [0.2, 0.25) is 11.8 Å². The van der Waals surface area contributed by atoms with E-state index in [0.717, 1.165) is 57.8 Å². The standard InChI is InChI=1S/C25H38N2O4/c1-4-6-8-10-12-17-23(28)26-19-15-14-16-21-22(31-3)20-25(30)27(21)24(29)18-13-11-9-7-5-2/h2,4,20-21H,1,6-19H2,3H3,(H,26,28). The molecule has 1 aliphatic heterocycles. The van der Waals surface area contributed by atoms with Crippen molar-refractivity contribution in [3.8, 4) is 12.3 Å². The Balaban J connectivity index is 2.34. The number of nitrogens with one attached hydrogen (secondary N) is 1. The zero-order valence-corrected chi connectivity index (χ0v) is 19.0. The van der Waals surface area contributed by atoms with Crippen LogP contribution in [0.3, 0.4) is 0 Å². The smallest absolute Gasteiger partial charge is 0.257 e. The van der Waals surface area contributed by atoms with Crippen molar-refractivity contribution in [3.63, 3.8) is 0 Å². The SMILES string of the molecule is C#CCCCCCC(=O)N1C(=O)C=C(OC)C1CCCCNC(=O)CCCCCC=C. The summed E-state index contributed by atoms with van der Waals surface area (Å²) < 4.78 is 5.35. The van der Waals surface area contributed by atoms with Crippen LogP contribution in [0.15, 0.2) is 24.5 Å². The maximum Gasteiger partial charge on any atom is 0.257 e. The van der Waals surface area contributed by atoms with E-state index in [1.807, 2.05) is 6.08 Å². The van der Waals surface area contributed by atoms with Crippen LogP contribution >= 0.6 is 0 Å². The molecule has 0 fully saturated rings.